The van der Waals surface area contributed by atoms with Gasteiger partial charge in [0.05, 0.1) is 0 Å². The summed E-state index contributed by atoms with van der Waals surface area (Å²) < 4.78 is 6.17. The average molecular weight is 498 g/mol. The molecule has 0 nitrogen and oxygen atoms in total. The number of hydrogen-bond acceptors (Lipinski definition) is 0. The van der Waals surface area contributed by atoms with Gasteiger partial charge < -0.3 is 0 Å². The molecule has 0 bridgehead atoms. The summed E-state index contributed by atoms with van der Waals surface area (Å²) in [7, 11) is -0.0279. The molecule has 4 aromatic rings. The molecule has 0 spiro atoms. The Labute approximate surface area is 156 Å². The molecule has 0 N–H and O–H groups in total. The Morgan fingerprint density at radius 1 is 0.545 bits per heavy atom. The summed E-state index contributed by atoms with van der Waals surface area (Å²) in [4.78, 5) is 1.35. The second-order valence-corrected chi connectivity index (χ2v) is 9.75. The third kappa shape index (κ3) is 2.46. The number of thiophene rings is 1. The van der Waals surface area contributed by atoms with Gasteiger partial charge in [-0.15, -0.1) is 0 Å². The lowest BCUT2D eigenvalue weighted by molar-refractivity contribution is 1.69. The third-order valence-electron chi connectivity index (χ3n) is 3.66. The summed E-state index contributed by atoms with van der Waals surface area (Å²) in [5.74, 6) is 0. The van der Waals surface area contributed by atoms with Crippen molar-refractivity contribution in [2.45, 2.75) is 0 Å². The lowest BCUT2D eigenvalue weighted by atomic mass is 10.2. The van der Waals surface area contributed by atoms with Crippen LogP contribution in [0.3, 0.4) is 0 Å². The van der Waals surface area contributed by atoms with Gasteiger partial charge >= 0.3 is 0 Å². The van der Waals surface area contributed by atoms with E-state index in [-0.39, 0.29) is 10.5 Å². The monoisotopic (exact) mass is 495 g/mol. The molecule has 4 heteroatoms. The smallest absolute Gasteiger partial charge is 0.0508 e. The van der Waals surface area contributed by atoms with Crippen LogP contribution in [-0.4, -0.2) is 0 Å². The van der Waals surface area contributed by atoms with E-state index in [1.807, 2.05) is 0 Å². The fourth-order valence-corrected chi connectivity index (χ4v) is 6.05. The Bertz CT molecular complexity index is 941. The molecule has 0 fully saturated rings. The molecule has 0 aliphatic carbocycles. The van der Waals surface area contributed by atoms with Crippen molar-refractivity contribution >= 4 is 78.4 Å². The van der Waals surface area contributed by atoms with E-state index in [4.69, 9.17) is 0 Å². The Hall–Kier alpha value is -0.680. The minimum absolute atomic E-state index is 0.0279. The van der Waals surface area contributed by atoms with Crippen LogP contribution >= 0.6 is 58.3 Å². The van der Waals surface area contributed by atoms with E-state index < -0.39 is 0 Å². The van der Waals surface area contributed by atoms with Gasteiger partial charge in [0.25, 0.3) is 0 Å². The molecule has 0 radical (unpaired) electrons. The first-order valence-corrected chi connectivity index (χ1v) is 10.3. The summed E-state index contributed by atoms with van der Waals surface area (Å²) in [6, 6.07) is 21.9. The highest BCUT2D eigenvalue weighted by molar-refractivity contribution is 9.11. The van der Waals surface area contributed by atoms with Crippen LogP contribution < -0.4 is 0 Å². The molecule has 0 unspecified atom stereocenters. The first-order chi connectivity index (χ1) is 10.6. The molecule has 22 heavy (non-hydrogen) atoms. The highest BCUT2D eigenvalue weighted by Gasteiger charge is 2.23. The molecule has 0 saturated heterocycles. The van der Waals surface area contributed by atoms with E-state index in [2.05, 4.69) is 108 Å². The Morgan fingerprint density at radius 3 is 1.50 bits per heavy atom. The van der Waals surface area contributed by atoms with Gasteiger partial charge in [0, 0.05) is 46.8 Å². The topological polar surface area (TPSA) is 0 Å². The lowest BCUT2D eigenvalue weighted by Crippen LogP contribution is -1.71. The van der Waals surface area contributed by atoms with Crippen LogP contribution in [0.5, 0.6) is 0 Å². The summed E-state index contributed by atoms with van der Waals surface area (Å²) in [6.07, 6.45) is 0. The highest BCUT2D eigenvalue weighted by Crippen LogP contribution is 2.49. The summed E-state index contributed by atoms with van der Waals surface area (Å²) in [5, 5.41) is 2.66. The standard InChI is InChI=1S/C18H10Br3S/c19-11-1-5-14(6-2-11)22-17-7-3-12(20)9-15(17)16-10-13(21)4-8-18(16)22/h1-10H/q+1. The Morgan fingerprint density at radius 2 is 1.00 bits per heavy atom. The number of halogens is 3. The predicted molar refractivity (Wildman–Crippen MR) is 108 cm³/mol. The molecule has 0 aliphatic heterocycles. The van der Waals surface area contributed by atoms with Gasteiger partial charge in [-0.05, 0) is 48.5 Å². The molecular formula is C18H10Br3S+. The van der Waals surface area contributed by atoms with E-state index >= 15 is 0 Å². The van der Waals surface area contributed by atoms with Crippen molar-refractivity contribution in [1.29, 1.82) is 0 Å². The average Bonchev–Trinajstić information content (AvgIpc) is 2.81. The number of fused-ring (bicyclic) bond motifs is 3. The van der Waals surface area contributed by atoms with Crippen molar-refractivity contribution in [3.05, 3.63) is 74.1 Å². The maximum atomic E-state index is 3.61. The Kier molecular flexibility index (Phi) is 3.89. The van der Waals surface area contributed by atoms with Gasteiger partial charge in [0.1, 0.15) is 0 Å². The van der Waals surface area contributed by atoms with Gasteiger partial charge in [0.2, 0.25) is 0 Å². The molecular weight excluding hydrogens is 488 g/mol. The minimum Gasteiger partial charge on any atom is -0.0508 e. The molecule has 1 heterocycles. The summed E-state index contributed by atoms with van der Waals surface area (Å²) >= 11 is 10.7. The van der Waals surface area contributed by atoms with Crippen LogP contribution in [0.15, 0.2) is 74.1 Å². The molecule has 0 atom stereocenters. The number of rotatable bonds is 1. The quantitative estimate of drug-likeness (QED) is 0.233. The zero-order valence-electron chi connectivity index (χ0n) is 11.3. The fraction of sp³-hybridized carbons (Fsp3) is 0. The van der Waals surface area contributed by atoms with Gasteiger partial charge in [-0.25, -0.2) is 0 Å². The van der Waals surface area contributed by atoms with E-state index in [1.54, 1.807) is 0 Å². The highest BCUT2D eigenvalue weighted by atomic mass is 79.9. The first-order valence-electron chi connectivity index (χ1n) is 6.73. The van der Waals surface area contributed by atoms with E-state index in [0.29, 0.717) is 0 Å². The Balaban J connectivity index is 2.17. The molecule has 0 amide bonds. The van der Waals surface area contributed by atoms with Crippen molar-refractivity contribution < 1.29 is 0 Å². The predicted octanol–water partition coefficient (Wildman–Crippen LogP) is 8.02. The van der Waals surface area contributed by atoms with Crippen LogP contribution in [0.25, 0.3) is 25.1 Å². The van der Waals surface area contributed by atoms with Crippen molar-refractivity contribution in [2.75, 3.05) is 0 Å². The molecule has 0 saturated carbocycles. The molecule has 1 aromatic heterocycles. The summed E-state index contributed by atoms with van der Waals surface area (Å²) in [6.45, 7) is 0. The normalized spacial score (nSPS) is 11.4. The van der Waals surface area contributed by atoms with Gasteiger partial charge in [-0.3, -0.25) is 0 Å². The van der Waals surface area contributed by atoms with Crippen LogP contribution in [-0.2, 0) is 0 Å². The SMILES string of the molecule is Brc1ccc(-[s+]2c3ccc(Br)cc3c3cc(Br)ccc32)cc1. The maximum absolute atomic E-state index is 3.61. The molecule has 0 aliphatic rings. The number of hydrogen-bond donors (Lipinski definition) is 0. The number of benzene rings is 3. The first kappa shape index (κ1) is 14.9. The fourth-order valence-electron chi connectivity index (χ4n) is 2.72. The van der Waals surface area contributed by atoms with Gasteiger partial charge in [0.15, 0.2) is 14.3 Å². The van der Waals surface area contributed by atoms with E-state index in [0.717, 1.165) is 13.4 Å². The van der Waals surface area contributed by atoms with Crippen LogP contribution in [0, 0.1) is 0 Å². The van der Waals surface area contributed by atoms with Crippen LogP contribution in [0.2, 0.25) is 0 Å². The maximum Gasteiger partial charge on any atom is 0.187 e. The molecule has 4 rings (SSSR count). The van der Waals surface area contributed by atoms with Crippen molar-refractivity contribution in [3.63, 3.8) is 0 Å². The van der Waals surface area contributed by atoms with Crippen molar-refractivity contribution in [2.24, 2.45) is 0 Å². The van der Waals surface area contributed by atoms with E-state index in [9.17, 15) is 0 Å². The van der Waals surface area contributed by atoms with Crippen LogP contribution in [0.1, 0.15) is 0 Å². The zero-order valence-corrected chi connectivity index (χ0v) is 16.9. The minimum atomic E-state index is -0.0279. The third-order valence-corrected chi connectivity index (χ3v) is 7.51. The van der Waals surface area contributed by atoms with Crippen molar-refractivity contribution in [3.8, 4) is 4.90 Å². The van der Waals surface area contributed by atoms with Gasteiger partial charge in [-0.1, -0.05) is 47.8 Å². The van der Waals surface area contributed by atoms with Gasteiger partial charge in [-0.2, -0.15) is 0 Å². The second kappa shape index (κ2) is 5.75. The second-order valence-electron chi connectivity index (χ2n) is 5.04. The lowest BCUT2D eigenvalue weighted by Gasteiger charge is -1.94. The largest absolute Gasteiger partial charge is 0.187 e. The zero-order chi connectivity index (χ0) is 15.3. The molecule has 3 aromatic carbocycles. The van der Waals surface area contributed by atoms with E-state index in [1.165, 1.54) is 25.1 Å². The summed E-state index contributed by atoms with van der Waals surface area (Å²) in [5.41, 5.74) is 0. The van der Waals surface area contributed by atoms with Crippen molar-refractivity contribution in [1.82, 2.24) is 0 Å². The van der Waals surface area contributed by atoms with Crippen LogP contribution in [0.4, 0.5) is 0 Å². The molecule has 108 valence electrons.